The van der Waals surface area contributed by atoms with Crippen molar-refractivity contribution in [3.05, 3.63) is 74.8 Å². The molecular formula is C16H15BrClNO2. The summed E-state index contributed by atoms with van der Waals surface area (Å²) in [7, 11) is 0. The average Bonchev–Trinajstić information content (AvgIpc) is 2.49. The quantitative estimate of drug-likeness (QED) is 0.394. The summed E-state index contributed by atoms with van der Waals surface area (Å²) in [5.41, 5.74) is 1.83. The van der Waals surface area contributed by atoms with Gasteiger partial charge in [0.05, 0.1) is 9.95 Å². The lowest BCUT2D eigenvalue weighted by Crippen LogP contribution is -2.09. The summed E-state index contributed by atoms with van der Waals surface area (Å²) in [6.45, 7) is 2.06. The molecule has 3 nitrogen and oxygen atoms in total. The second-order valence-corrected chi connectivity index (χ2v) is 6.38. The van der Waals surface area contributed by atoms with Gasteiger partial charge in [0, 0.05) is 16.5 Å². The van der Waals surface area contributed by atoms with Crippen LogP contribution in [0.1, 0.15) is 22.9 Å². The number of nitro groups is 1. The molecule has 0 fully saturated rings. The molecule has 2 atom stereocenters. The van der Waals surface area contributed by atoms with Crippen molar-refractivity contribution in [1.29, 1.82) is 0 Å². The van der Waals surface area contributed by atoms with Crippen molar-refractivity contribution in [2.24, 2.45) is 5.92 Å². The maximum atomic E-state index is 11.1. The van der Waals surface area contributed by atoms with E-state index in [0.29, 0.717) is 17.0 Å². The van der Waals surface area contributed by atoms with Gasteiger partial charge < -0.3 is 0 Å². The Labute approximate surface area is 137 Å². The highest BCUT2D eigenvalue weighted by atomic mass is 79.9. The summed E-state index contributed by atoms with van der Waals surface area (Å²) >= 11 is 9.83. The maximum Gasteiger partial charge on any atom is 0.274 e. The van der Waals surface area contributed by atoms with Gasteiger partial charge in [0.15, 0.2) is 0 Å². The van der Waals surface area contributed by atoms with E-state index in [4.69, 9.17) is 11.6 Å². The Morgan fingerprint density at radius 3 is 2.48 bits per heavy atom. The molecule has 0 heterocycles. The van der Waals surface area contributed by atoms with E-state index in [1.54, 1.807) is 12.1 Å². The minimum atomic E-state index is -0.375. The van der Waals surface area contributed by atoms with Crippen molar-refractivity contribution in [1.82, 2.24) is 0 Å². The second kappa shape index (κ2) is 7.05. The Balaban J connectivity index is 2.24. The van der Waals surface area contributed by atoms with E-state index in [9.17, 15) is 10.1 Å². The maximum absolute atomic E-state index is 11.1. The molecule has 2 rings (SSSR count). The van der Waals surface area contributed by atoms with Crippen LogP contribution in [-0.2, 0) is 6.42 Å². The van der Waals surface area contributed by atoms with Gasteiger partial charge in [-0.2, -0.15) is 0 Å². The minimum Gasteiger partial charge on any atom is -0.258 e. The molecule has 110 valence electrons. The third kappa shape index (κ3) is 3.83. The monoisotopic (exact) mass is 367 g/mol. The summed E-state index contributed by atoms with van der Waals surface area (Å²) in [6, 6.07) is 14.8. The first-order chi connectivity index (χ1) is 10.0. The number of alkyl halides is 1. The van der Waals surface area contributed by atoms with Crippen LogP contribution in [0.3, 0.4) is 0 Å². The van der Waals surface area contributed by atoms with Crippen molar-refractivity contribution in [2.75, 3.05) is 0 Å². The number of hydrogen-bond donors (Lipinski definition) is 0. The van der Waals surface area contributed by atoms with E-state index in [2.05, 4.69) is 22.9 Å². The summed E-state index contributed by atoms with van der Waals surface area (Å²) < 4.78 is 0. The number of benzene rings is 2. The predicted octanol–water partition coefficient (Wildman–Crippen LogP) is 5.56. The zero-order valence-electron chi connectivity index (χ0n) is 11.5. The lowest BCUT2D eigenvalue weighted by molar-refractivity contribution is -0.385. The first-order valence-corrected chi connectivity index (χ1v) is 7.91. The molecule has 0 saturated heterocycles. The molecule has 0 aromatic heterocycles. The Kier molecular flexibility index (Phi) is 5.37. The van der Waals surface area contributed by atoms with Gasteiger partial charge in [-0.05, 0) is 24.0 Å². The lowest BCUT2D eigenvalue weighted by atomic mass is 9.93. The largest absolute Gasteiger partial charge is 0.274 e. The molecule has 0 spiro atoms. The predicted molar refractivity (Wildman–Crippen MR) is 89.1 cm³/mol. The number of halogens is 2. The van der Waals surface area contributed by atoms with Gasteiger partial charge in [-0.25, -0.2) is 0 Å². The molecule has 2 aromatic carbocycles. The second-order valence-electron chi connectivity index (χ2n) is 4.99. The fraction of sp³-hybridized carbons (Fsp3) is 0.250. The zero-order chi connectivity index (χ0) is 15.4. The number of nitrogens with zero attached hydrogens (tertiary/aromatic N) is 1. The van der Waals surface area contributed by atoms with Gasteiger partial charge in [-0.3, -0.25) is 10.1 Å². The molecular weight excluding hydrogens is 354 g/mol. The van der Waals surface area contributed by atoms with Crippen molar-refractivity contribution >= 4 is 33.2 Å². The van der Waals surface area contributed by atoms with Crippen LogP contribution in [0, 0.1) is 16.0 Å². The van der Waals surface area contributed by atoms with Crippen molar-refractivity contribution in [2.45, 2.75) is 18.2 Å². The smallest absolute Gasteiger partial charge is 0.258 e. The van der Waals surface area contributed by atoms with E-state index in [1.165, 1.54) is 6.07 Å². The highest BCUT2D eigenvalue weighted by molar-refractivity contribution is 9.09. The molecule has 0 amide bonds. The molecule has 2 aromatic rings. The van der Waals surface area contributed by atoms with Crippen LogP contribution in [0.2, 0.25) is 5.02 Å². The highest BCUT2D eigenvalue weighted by Gasteiger charge is 2.23. The Morgan fingerprint density at radius 2 is 1.86 bits per heavy atom. The number of hydrogen-bond acceptors (Lipinski definition) is 2. The first kappa shape index (κ1) is 16.0. The number of rotatable bonds is 5. The van der Waals surface area contributed by atoms with Crippen molar-refractivity contribution in [3.63, 3.8) is 0 Å². The molecule has 0 bridgehead atoms. The summed E-state index contributed by atoms with van der Waals surface area (Å²) in [4.78, 5) is 10.9. The standard InChI is InChI=1S/C16H15BrClNO2/c1-11(16(17)12-6-3-2-4-7-12)10-13-14(18)8-5-9-15(13)19(20)21/h2-9,11,16H,10H2,1H3. The summed E-state index contributed by atoms with van der Waals surface area (Å²) in [5, 5.41) is 11.6. The van der Waals surface area contributed by atoms with E-state index in [0.717, 1.165) is 5.56 Å². The van der Waals surface area contributed by atoms with Gasteiger partial charge in [-0.1, -0.05) is 70.9 Å². The van der Waals surface area contributed by atoms with Gasteiger partial charge in [0.25, 0.3) is 5.69 Å². The third-order valence-electron chi connectivity index (χ3n) is 3.43. The third-order valence-corrected chi connectivity index (χ3v) is 5.22. The summed E-state index contributed by atoms with van der Waals surface area (Å²) in [5.74, 6) is 0.172. The van der Waals surface area contributed by atoms with E-state index >= 15 is 0 Å². The molecule has 0 aliphatic heterocycles. The van der Waals surface area contributed by atoms with Gasteiger partial charge in [-0.15, -0.1) is 0 Å². The zero-order valence-corrected chi connectivity index (χ0v) is 13.8. The fourth-order valence-electron chi connectivity index (χ4n) is 2.31. The van der Waals surface area contributed by atoms with Crippen LogP contribution >= 0.6 is 27.5 Å². The van der Waals surface area contributed by atoms with Gasteiger partial charge in [0.2, 0.25) is 0 Å². The van der Waals surface area contributed by atoms with E-state index in [-0.39, 0.29) is 21.4 Å². The van der Waals surface area contributed by atoms with Crippen LogP contribution < -0.4 is 0 Å². The topological polar surface area (TPSA) is 43.1 Å². The van der Waals surface area contributed by atoms with Crippen molar-refractivity contribution in [3.8, 4) is 0 Å². The molecule has 0 radical (unpaired) electrons. The van der Waals surface area contributed by atoms with Crippen LogP contribution in [0.5, 0.6) is 0 Å². The van der Waals surface area contributed by atoms with E-state index in [1.807, 2.05) is 30.3 Å². The molecule has 0 aliphatic rings. The molecule has 21 heavy (non-hydrogen) atoms. The van der Waals surface area contributed by atoms with E-state index < -0.39 is 0 Å². The minimum absolute atomic E-state index is 0.0853. The van der Waals surface area contributed by atoms with Crippen molar-refractivity contribution < 1.29 is 4.92 Å². The average molecular weight is 369 g/mol. The lowest BCUT2D eigenvalue weighted by Gasteiger charge is -2.19. The van der Waals surface area contributed by atoms with Crippen LogP contribution in [-0.4, -0.2) is 4.92 Å². The van der Waals surface area contributed by atoms with Crippen LogP contribution in [0.4, 0.5) is 5.69 Å². The fourth-order valence-corrected chi connectivity index (χ4v) is 3.05. The summed E-state index contributed by atoms with van der Waals surface area (Å²) in [6.07, 6.45) is 0.542. The molecule has 0 aliphatic carbocycles. The highest BCUT2D eigenvalue weighted by Crippen LogP contribution is 2.36. The first-order valence-electron chi connectivity index (χ1n) is 6.61. The van der Waals surface area contributed by atoms with Crippen LogP contribution in [0.15, 0.2) is 48.5 Å². The Morgan fingerprint density at radius 1 is 1.19 bits per heavy atom. The Bertz CT molecular complexity index is 633. The number of nitro benzene ring substituents is 1. The molecule has 0 saturated carbocycles. The SMILES string of the molecule is CC(Cc1c(Cl)cccc1[N+](=O)[O-])C(Br)c1ccccc1. The van der Waals surface area contributed by atoms with Gasteiger partial charge in [0.1, 0.15) is 0 Å². The Hall–Kier alpha value is -1.39. The molecule has 2 unspecified atom stereocenters. The van der Waals surface area contributed by atoms with Crippen LogP contribution in [0.25, 0.3) is 0 Å². The normalized spacial score (nSPS) is 13.7. The van der Waals surface area contributed by atoms with Gasteiger partial charge >= 0.3 is 0 Å². The molecule has 5 heteroatoms. The molecule has 0 N–H and O–H groups in total.